The highest BCUT2D eigenvalue weighted by Crippen LogP contribution is 2.23. The molecule has 7 nitrogen and oxygen atoms in total. The molecule has 0 aliphatic heterocycles. The molecule has 3 amide bonds. The SMILES string of the molecule is CNC(=O)NC(=O)[C@H](C)OC(=O)c1csc(-c2ccccc2)n1. The van der Waals surface area contributed by atoms with Crippen LogP contribution in [0.1, 0.15) is 17.4 Å². The van der Waals surface area contributed by atoms with E-state index in [0.717, 1.165) is 5.56 Å². The standard InChI is InChI=1S/C15H15N3O4S/c1-9(12(19)18-15(21)16-2)22-14(20)11-8-23-13(17-11)10-6-4-3-5-7-10/h3-9H,1-2H3,(H2,16,18,19,21)/t9-/m0/s1. The molecule has 0 unspecified atom stereocenters. The number of aromatic nitrogens is 1. The van der Waals surface area contributed by atoms with Crippen LogP contribution in [-0.4, -0.2) is 36.0 Å². The first-order valence-corrected chi connectivity index (χ1v) is 7.63. The van der Waals surface area contributed by atoms with E-state index in [1.165, 1.54) is 25.3 Å². The molecule has 0 spiro atoms. The van der Waals surface area contributed by atoms with E-state index in [1.807, 2.05) is 35.6 Å². The Hall–Kier alpha value is -2.74. The molecule has 0 radical (unpaired) electrons. The summed E-state index contributed by atoms with van der Waals surface area (Å²) in [5, 5.41) is 6.51. The van der Waals surface area contributed by atoms with Crippen LogP contribution in [0.15, 0.2) is 35.7 Å². The van der Waals surface area contributed by atoms with Crippen molar-refractivity contribution in [2.24, 2.45) is 0 Å². The topological polar surface area (TPSA) is 97.4 Å². The van der Waals surface area contributed by atoms with Crippen LogP contribution < -0.4 is 10.6 Å². The molecule has 0 fully saturated rings. The van der Waals surface area contributed by atoms with E-state index in [-0.39, 0.29) is 5.69 Å². The van der Waals surface area contributed by atoms with Crippen LogP contribution in [0.5, 0.6) is 0 Å². The van der Waals surface area contributed by atoms with Gasteiger partial charge >= 0.3 is 12.0 Å². The third-order valence-electron chi connectivity index (χ3n) is 2.85. The maximum Gasteiger partial charge on any atom is 0.358 e. The van der Waals surface area contributed by atoms with E-state index in [0.29, 0.717) is 5.01 Å². The minimum atomic E-state index is -1.11. The van der Waals surface area contributed by atoms with Gasteiger partial charge in [-0.3, -0.25) is 10.1 Å². The van der Waals surface area contributed by atoms with Gasteiger partial charge in [0.2, 0.25) is 0 Å². The van der Waals surface area contributed by atoms with Gasteiger partial charge in [-0.2, -0.15) is 0 Å². The van der Waals surface area contributed by atoms with Crippen molar-refractivity contribution in [3.8, 4) is 10.6 Å². The van der Waals surface area contributed by atoms with Crippen molar-refractivity contribution in [2.75, 3.05) is 7.05 Å². The zero-order valence-electron chi connectivity index (χ0n) is 12.5. The van der Waals surface area contributed by atoms with Crippen molar-refractivity contribution in [2.45, 2.75) is 13.0 Å². The number of hydrogen-bond acceptors (Lipinski definition) is 6. The fourth-order valence-electron chi connectivity index (χ4n) is 1.63. The summed E-state index contributed by atoms with van der Waals surface area (Å²) in [6.45, 7) is 1.38. The van der Waals surface area contributed by atoms with Crippen molar-refractivity contribution in [1.82, 2.24) is 15.6 Å². The number of thiazole rings is 1. The molecule has 0 aliphatic carbocycles. The number of hydrogen-bond donors (Lipinski definition) is 2. The molecule has 0 saturated heterocycles. The Morgan fingerprint density at radius 1 is 1.22 bits per heavy atom. The smallest absolute Gasteiger partial charge is 0.358 e. The van der Waals surface area contributed by atoms with Crippen molar-refractivity contribution in [3.63, 3.8) is 0 Å². The second-order valence-electron chi connectivity index (χ2n) is 4.52. The van der Waals surface area contributed by atoms with Crippen LogP contribution in [0.25, 0.3) is 10.6 Å². The van der Waals surface area contributed by atoms with E-state index in [1.54, 1.807) is 5.38 Å². The number of rotatable bonds is 4. The Balaban J connectivity index is 2.00. The molecular weight excluding hydrogens is 318 g/mol. The number of nitrogens with one attached hydrogen (secondary N) is 2. The number of imide groups is 1. The fraction of sp³-hybridized carbons (Fsp3) is 0.200. The molecule has 23 heavy (non-hydrogen) atoms. The van der Waals surface area contributed by atoms with Crippen LogP contribution in [0.4, 0.5) is 4.79 Å². The number of carbonyl (C=O) groups excluding carboxylic acids is 3. The summed E-state index contributed by atoms with van der Waals surface area (Å²) in [5.41, 5.74) is 1.01. The molecule has 0 aliphatic rings. The van der Waals surface area contributed by atoms with Crippen LogP contribution >= 0.6 is 11.3 Å². The van der Waals surface area contributed by atoms with E-state index in [2.05, 4.69) is 10.3 Å². The summed E-state index contributed by atoms with van der Waals surface area (Å²) in [7, 11) is 1.37. The molecule has 1 heterocycles. The second-order valence-corrected chi connectivity index (χ2v) is 5.38. The van der Waals surface area contributed by atoms with Gasteiger partial charge in [-0.05, 0) is 6.92 Å². The minimum Gasteiger partial charge on any atom is -0.448 e. The van der Waals surface area contributed by atoms with Gasteiger partial charge in [0.15, 0.2) is 11.8 Å². The summed E-state index contributed by atoms with van der Waals surface area (Å²) in [4.78, 5) is 38.9. The molecule has 2 rings (SSSR count). The van der Waals surface area contributed by atoms with Gasteiger partial charge in [0.1, 0.15) is 5.01 Å². The van der Waals surface area contributed by atoms with Crippen molar-refractivity contribution >= 4 is 29.2 Å². The Morgan fingerprint density at radius 3 is 2.57 bits per heavy atom. The van der Waals surface area contributed by atoms with Crippen molar-refractivity contribution < 1.29 is 19.1 Å². The molecular formula is C15H15N3O4S. The van der Waals surface area contributed by atoms with Gasteiger partial charge in [-0.15, -0.1) is 11.3 Å². The fourth-order valence-corrected chi connectivity index (χ4v) is 2.43. The van der Waals surface area contributed by atoms with Gasteiger partial charge in [-0.1, -0.05) is 30.3 Å². The number of benzene rings is 1. The van der Waals surface area contributed by atoms with E-state index in [4.69, 9.17) is 4.74 Å². The molecule has 1 aromatic carbocycles. The van der Waals surface area contributed by atoms with Crippen LogP contribution in [0.2, 0.25) is 0 Å². The molecule has 0 bridgehead atoms. The van der Waals surface area contributed by atoms with Crippen LogP contribution in [0.3, 0.4) is 0 Å². The first-order valence-electron chi connectivity index (χ1n) is 6.75. The van der Waals surface area contributed by atoms with Gasteiger partial charge in [-0.25, -0.2) is 14.6 Å². The normalized spacial score (nSPS) is 11.4. The first kappa shape index (κ1) is 16.6. The predicted molar refractivity (Wildman–Crippen MR) is 85.0 cm³/mol. The van der Waals surface area contributed by atoms with E-state index < -0.39 is 24.0 Å². The number of carbonyl (C=O) groups is 3. The van der Waals surface area contributed by atoms with Gasteiger partial charge in [0.05, 0.1) is 0 Å². The number of amides is 3. The highest BCUT2D eigenvalue weighted by Gasteiger charge is 2.22. The maximum atomic E-state index is 12.0. The third kappa shape index (κ3) is 4.36. The molecule has 1 atom stereocenters. The maximum absolute atomic E-state index is 12.0. The largest absolute Gasteiger partial charge is 0.448 e. The zero-order valence-corrected chi connectivity index (χ0v) is 13.3. The molecule has 1 aromatic heterocycles. The zero-order chi connectivity index (χ0) is 16.8. The van der Waals surface area contributed by atoms with Gasteiger partial charge < -0.3 is 10.1 Å². The number of esters is 1. The van der Waals surface area contributed by atoms with Crippen molar-refractivity contribution in [3.05, 3.63) is 41.4 Å². The number of ether oxygens (including phenoxy) is 1. The Labute approximate surface area is 136 Å². The lowest BCUT2D eigenvalue weighted by Crippen LogP contribution is -2.43. The Bertz CT molecular complexity index is 715. The van der Waals surface area contributed by atoms with Gasteiger partial charge in [0, 0.05) is 18.0 Å². The number of urea groups is 1. The van der Waals surface area contributed by atoms with Gasteiger partial charge in [0.25, 0.3) is 5.91 Å². The number of nitrogens with zero attached hydrogens (tertiary/aromatic N) is 1. The summed E-state index contributed by atoms with van der Waals surface area (Å²) in [5.74, 6) is -1.43. The predicted octanol–water partition coefficient (Wildman–Crippen LogP) is 1.81. The molecule has 2 N–H and O–H groups in total. The second kappa shape index (κ2) is 7.50. The Morgan fingerprint density at radius 2 is 1.91 bits per heavy atom. The lowest BCUT2D eigenvalue weighted by atomic mass is 10.2. The quantitative estimate of drug-likeness (QED) is 0.832. The monoisotopic (exact) mass is 333 g/mol. The summed E-state index contributed by atoms with van der Waals surface area (Å²) in [6.07, 6.45) is -1.11. The molecule has 0 saturated carbocycles. The minimum absolute atomic E-state index is 0.119. The summed E-state index contributed by atoms with van der Waals surface area (Å²) >= 11 is 1.30. The molecule has 2 aromatic rings. The lowest BCUT2D eigenvalue weighted by molar-refractivity contribution is -0.127. The third-order valence-corrected chi connectivity index (χ3v) is 3.74. The van der Waals surface area contributed by atoms with E-state index >= 15 is 0 Å². The molecule has 120 valence electrons. The Kier molecular flexibility index (Phi) is 5.42. The highest BCUT2D eigenvalue weighted by molar-refractivity contribution is 7.13. The molecule has 8 heteroatoms. The lowest BCUT2D eigenvalue weighted by Gasteiger charge is -2.11. The van der Waals surface area contributed by atoms with Crippen LogP contribution in [0, 0.1) is 0 Å². The summed E-state index contributed by atoms with van der Waals surface area (Å²) in [6, 6.07) is 8.73. The van der Waals surface area contributed by atoms with Crippen LogP contribution in [-0.2, 0) is 9.53 Å². The highest BCUT2D eigenvalue weighted by atomic mass is 32.1. The average Bonchev–Trinajstić information content (AvgIpc) is 3.05. The first-order chi connectivity index (χ1) is 11.0. The summed E-state index contributed by atoms with van der Waals surface area (Å²) < 4.78 is 5.01. The average molecular weight is 333 g/mol. The van der Waals surface area contributed by atoms with E-state index in [9.17, 15) is 14.4 Å². The van der Waals surface area contributed by atoms with Crippen molar-refractivity contribution in [1.29, 1.82) is 0 Å².